The van der Waals surface area contributed by atoms with E-state index < -0.39 is 0 Å². The fraction of sp³-hybridized carbons (Fsp3) is 0.909. The third-order valence-corrected chi connectivity index (χ3v) is 3.00. The molecule has 0 aromatic carbocycles. The van der Waals surface area contributed by atoms with E-state index in [1.165, 1.54) is 32.1 Å². The SMILES string of the molecule is COCCN(C)C(=NC1CCCCC1)NN. The van der Waals surface area contributed by atoms with Crippen molar-refractivity contribution in [3.8, 4) is 0 Å². The summed E-state index contributed by atoms with van der Waals surface area (Å²) in [5, 5.41) is 0. The summed E-state index contributed by atoms with van der Waals surface area (Å²) in [7, 11) is 3.67. The largest absolute Gasteiger partial charge is 0.383 e. The molecule has 0 aliphatic heterocycles. The van der Waals surface area contributed by atoms with Crippen molar-refractivity contribution in [3.05, 3.63) is 0 Å². The highest BCUT2D eigenvalue weighted by Crippen LogP contribution is 2.20. The predicted molar refractivity (Wildman–Crippen MR) is 66.1 cm³/mol. The van der Waals surface area contributed by atoms with Gasteiger partial charge in [0.25, 0.3) is 0 Å². The Morgan fingerprint density at radius 1 is 1.44 bits per heavy atom. The number of hydrogen-bond donors (Lipinski definition) is 2. The summed E-state index contributed by atoms with van der Waals surface area (Å²) in [4.78, 5) is 6.66. The molecule has 0 radical (unpaired) electrons. The van der Waals surface area contributed by atoms with Crippen molar-refractivity contribution >= 4 is 5.96 Å². The lowest BCUT2D eigenvalue weighted by Crippen LogP contribution is -2.44. The number of hydrogen-bond acceptors (Lipinski definition) is 3. The highest BCUT2D eigenvalue weighted by atomic mass is 16.5. The van der Waals surface area contributed by atoms with Gasteiger partial charge in [-0.3, -0.25) is 5.43 Å². The van der Waals surface area contributed by atoms with Gasteiger partial charge in [-0.15, -0.1) is 0 Å². The van der Waals surface area contributed by atoms with Crippen LogP contribution in [-0.2, 0) is 4.74 Å². The summed E-state index contributed by atoms with van der Waals surface area (Å²) in [5.41, 5.74) is 2.68. The molecule has 0 amide bonds. The zero-order valence-electron chi connectivity index (χ0n) is 10.4. The highest BCUT2D eigenvalue weighted by molar-refractivity contribution is 5.79. The summed E-state index contributed by atoms with van der Waals surface area (Å²) in [6, 6.07) is 0.435. The Morgan fingerprint density at radius 2 is 2.12 bits per heavy atom. The van der Waals surface area contributed by atoms with Crippen molar-refractivity contribution in [1.29, 1.82) is 0 Å². The molecule has 16 heavy (non-hydrogen) atoms. The van der Waals surface area contributed by atoms with Gasteiger partial charge in [0.2, 0.25) is 5.96 Å². The number of aliphatic imine (C=N–C) groups is 1. The molecule has 5 nitrogen and oxygen atoms in total. The van der Waals surface area contributed by atoms with Crippen LogP contribution in [0.25, 0.3) is 0 Å². The van der Waals surface area contributed by atoms with Gasteiger partial charge in [0.15, 0.2) is 0 Å². The van der Waals surface area contributed by atoms with Gasteiger partial charge in [0.1, 0.15) is 0 Å². The van der Waals surface area contributed by atoms with Crippen LogP contribution in [0.3, 0.4) is 0 Å². The van der Waals surface area contributed by atoms with Crippen LogP contribution in [-0.4, -0.2) is 44.2 Å². The van der Waals surface area contributed by atoms with Crippen molar-refractivity contribution in [2.45, 2.75) is 38.1 Å². The molecule has 0 spiro atoms. The fourth-order valence-corrected chi connectivity index (χ4v) is 1.96. The first-order chi connectivity index (χ1) is 7.77. The van der Waals surface area contributed by atoms with Crippen LogP contribution >= 0.6 is 0 Å². The molecule has 1 aliphatic carbocycles. The summed E-state index contributed by atoms with van der Waals surface area (Å²) in [6.07, 6.45) is 6.28. The smallest absolute Gasteiger partial charge is 0.208 e. The molecule has 3 N–H and O–H groups in total. The molecule has 1 aliphatic rings. The Labute approximate surface area is 98.0 Å². The second-order valence-corrected chi connectivity index (χ2v) is 4.30. The summed E-state index contributed by atoms with van der Waals surface area (Å²) >= 11 is 0. The van der Waals surface area contributed by atoms with E-state index in [9.17, 15) is 0 Å². The number of nitrogens with one attached hydrogen (secondary N) is 1. The summed E-state index contributed by atoms with van der Waals surface area (Å²) in [6.45, 7) is 1.48. The molecule has 5 heteroatoms. The third kappa shape index (κ3) is 4.37. The first kappa shape index (κ1) is 13.3. The molecule has 0 atom stereocenters. The van der Waals surface area contributed by atoms with E-state index >= 15 is 0 Å². The topological polar surface area (TPSA) is 62.9 Å². The minimum absolute atomic E-state index is 0.435. The van der Waals surface area contributed by atoms with Crippen molar-refractivity contribution in [2.24, 2.45) is 10.8 Å². The first-order valence-electron chi connectivity index (χ1n) is 6.02. The van der Waals surface area contributed by atoms with Gasteiger partial charge in [-0.2, -0.15) is 0 Å². The Balaban J connectivity index is 2.46. The first-order valence-corrected chi connectivity index (χ1v) is 6.02. The standard InChI is InChI=1S/C11H24N4O/c1-15(8-9-16-2)11(14-12)13-10-6-4-3-5-7-10/h10H,3-9,12H2,1-2H3,(H,13,14). The maximum Gasteiger partial charge on any atom is 0.208 e. The van der Waals surface area contributed by atoms with E-state index in [1.54, 1.807) is 7.11 Å². The lowest BCUT2D eigenvalue weighted by atomic mass is 9.96. The average molecular weight is 228 g/mol. The van der Waals surface area contributed by atoms with E-state index in [0.717, 1.165) is 12.5 Å². The van der Waals surface area contributed by atoms with Crippen LogP contribution in [0, 0.1) is 0 Å². The lowest BCUT2D eigenvalue weighted by Gasteiger charge is -2.24. The number of ether oxygens (including phenoxy) is 1. The van der Waals surface area contributed by atoms with Crippen LogP contribution in [0.5, 0.6) is 0 Å². The molecule has 0 unspecified atom stereocenters. The minimum atomic E-state index is 0.435. The Kier molecular flexibility index (Phi) is 6.18. The average Bonchev–Trinajstić information content (AvgIpc) is 2.34. The number of nitrogens with two attached hydrogens (primary N) is 1. The molecule has 1 fully saturated rings. The zero-order valence-corrected chi connectivity index (χ0v) is 10.4. The normalized spacial score (nSPS) is 18.6. The third-order valence-electron chi connectivity index (χ3n) is 3.00. The molecule has 94 valence electrons. The molecule has 1 rings (SSSR count). The van der Waals surface area contributed by atoms with E-state index in [0.29, 0.717) is 12.6 Å². The van der Waals surface area contributed by atoms with Crippen molar-refractivity contribution in [3.63, 3.8) is 0 Å². The maximum atomic E-state index is 5.50. The Bertz CT molecular complexity index is 214. The quantitative estimate of drug-likeness (QED) is 0.322. The van der Waals surface area contributed by atoms with Crippen molar-refractivity contribution < 1.29 is 4.74 Å². The molecule has 0 heterocycles. The summed E-state index contributed by atoms with van der Waals surface area (Å²) < 4.78 is 5.03. The van der Waals surface area contributed by atoms with Gasteiger partial charge in [-0.05, 0) is 12.8 Å². The van der Waals surface area contributed by atoms with Crippen LogP contribution in [0.15, 0.2) is 4.99 Å². The van der Waals surface area contributed by atoms with E-state index in [2.05, 4.69) is 10.4 Å². The van der Waals surface area contributed by atoms with E-state index in [4.69, 9.17) is 10.6 Å². The number of rotatable bonds is 4. The van der Waals surface area contributed by atoms with Gasteiger partial charge in [-0.25, -0.2) is 10.8 Å². The highest BCUT2D eigenvalue weighted by Gasteiger charge is 2.14. The molecular weight excluding hydrogens is 204 g/mol. The number of likely N-dealkylation sites (N-methyl/N-ethyl adjacent to an activating group) is 1. The summed E-state index contributed by atoms with van der Waals surface area (Å²) in [5.74, 6) is 6.27. The molecule has 0 aromatic rings. The molecule has 1 saturated carbocycles. The van der Waals surface area contributed by atoms with Gasteiger partial charge in [-0.1, -0.05) is 19.3 Å². The van der Waals surface area contributed by atoms with Crippen LogP contribution in [0.4, 0.5) is 0 Å². The van der Waals surface area contributed by atoms with Gasteiger partial charge < -0.3 is 9.64 Å². The Hall–Kier alpha value is -0.810. The van der Waals surface area contributed by atoms with E-state index in [1.807, 2.05) is 11.9 Å². The van der Waals surface area contributed by atoms with Crippen molar-refractivity contribution in [1.82, 2.24) is 10.3 Å². The molecular formula is C11H24N4O. The van der Waals surface area contributed by atoms with Crippen LogP contribution in [0.1, 0.15) is 32.1 Å². The van der Waals surface area contributed by atoms with Crippen LogP contribution in [0.2, 0.25) is 0 Å². The van der Waals surface area contributed by atoms with Gasteiger partial charge in [0, 0.05) is 20.7 Å². The maximum absolute atomic E-state index is 5.50. The lowest BCUT2D eigenvalue weighted by molar-refractivity contribution is 0.181. The molecule has 0 aromatic heterocycles. The minimum Gasteiger partial charge on any atom is -0.383 e. The predicted octanol–water partition coefficient (Wildman–Crippen LogP) is 0.717. The van der Waals surface area contributed by atoms with Gasteiger partial charge >= 0.3 is 0 Å². The van der Waals surface area contributed by atoms with E-state index in [-0.39, 0.29) is 0 Å². The number of guanidine groups is 1. The number of hydrazine groups is 1. The molecule has 0 bridgehead atoms. The zero-order chi connectivity index (χ0) is 11.8. The fourth-order valence-electron chi connectivity index (χ4n) is 1.96. The number of nitrogens with zero attached hydrogens (tertiary/aromatic N) is 2. The second kappa shape index (κ2) is 7.46. The Morgan fingerprint density at radius 3 is 2.69 bits per heavy atom. The van der Waals surface area contributed by atoms with Crippen LogP contribution < -0.4 is 11.3 Å². The van der Waals surface area contributed by atoms with Crippen molar-refractivity contribution in [2.75, 3.05) is 27.3 Å². The second-order valence-electron chi connectivity index (χ2n) is 4.30. The monoisotopic (exact) mass is 228 g/mol. The number of methoxy groups -OCH3 is 1. The van der Waals surface area contributed by atoms with Gasteiger partial charge in [0.05, 0.1) is 12.6 Å². The molecule has 0 saturated heterocycles.